The maximum Gasteiger partial charge on any atom is 0.308 e. The minimum Gasteiger partial charge on any atom is -0.457 e. The number of esters is 1. The first kappa shape index (κ1) is 21.7. The van der Waals surface area contributed by atoms with Crippen LogP contribution in [0, 0.1) is 6.92 Å². The molecule has 0 aliphatic heterocycles. The van der Waals surface area contributed by atoms with Gasteiger partial charge >= 0.3 is 5.97 Å². The molecule has 1 amide bonds. The minimum atomic E-state index is -0.504. The van der Waals surface area contributed by atoms with Crippen LogP contribution in [0.5, 0.6) is 0 Å². The molecular formula is C22H24N6O3. The predicted molar refractivity (Wildman–Crippen MR) is 116 cm³/mol. The first-order valence-electron chi connectivity index (χ1n) is 9.71. The molecule has 3 aromatic rings. The van der Waals surface area contributed by atoms with E-state index in [2.05, 4.69) is 25.6 Å². The van der Waals surface area contributed by atoms with E-state index in [0.29, 0.717) is 0 Å². The lowest BCUT2D eigenvalue weighted by Gasteiger charge is -2.18. The fourth-order valence-electron chi connectivity index (χ4n) is 2.88. The average molecular weight is 420 g/mol. The molecule has 31 heavy (non-hydrogen) atoms. The van der Waals surface area contributed by atoms with Crippen molar-refractivity contribution in [3.63, 3.8) is 0 Å². The Labute approximate surface area is 180 Å². The first-order chi connectivity index (χ1) is 14.9. The Morgan fingerprint density at radius 1 is 1.03 bits per heavy atom. The number of amides is 1. The number of nitrogens with two attached hydrogens (primary N) is 1. The van der Waals surface area contributed by atoms with Gasteiger partial charge in [-0.15, -0.1) is 0 Å². The Hall–Kier alpha value is -4.01. The lowest BCUT2D eigenvalue weighted by molar-refractivity contribution is -0.146. The highest BCUT2D eigenvalue weighted by atomic mass is 16.5. The molecule has 160 valence electrons. The number of aryl methyl sites for hydroxylation is 1. The Morgan fingerprint density at radius 2 is 1.74 bits per heavy atom. The maximum absolute atomic E-state index is 12.4. The molecule has 0 fully saturated rings. The standard InChI is InChI=1S/C22H24N6O3/c1-14-8-10-16(11-9-14)18(24-15(2)29)12-20(30)31-13-19-26-21(23)28-22(27-19)25-17-6-4-3-5-7-17/h3-11,18H,12-13H2,1-2H3,(H,24,29)(H3,23,25,26,27,28)/t18-/m0/s1. The molecule has 0 spiro atoms. The average Bonchev–Trinajstić information content (AvgIpc) is 2.72. The van der Waals surface area contributed by atoms with Crippen LogP contribution in [0.3, 0.4) is 0 Å². The van der Waals surface area contributed by atoms with Crippen molar-refractivity contribution in [2.24, 2.45) is 0 Å². The van der Waals surface area contributed by atoms with E-state index in [1.54, 1.807) is 0 Å². The lowest BCUT2D eigenvalue weighted by atomic mass is 10.0. The lowest BCUT2D eigenvalue weighted by Crippen LogP contribution is -2.28. The van der Waals surface area contributed by atoms with Crippen LogP contribution in [0.25, 0.3) is 0 Å². The highest BCUT2D eigenvalue weighted by Gasteiger charge is 2.19. The Bertz CT molecular complexity index is 1040. The third-order valence-electron chi connectivity index (χ3n) is 4.32. The molecule has 0 saturated heterocycles. The molecule has 2 aromatic carbocycles. The summed E-state index contributed by atoms with van der Waals surface area (Å²) in [5.74, 6) is -0.266. The number of hydrogen-bond acceptors (Lipinski definition) is 8. The predicted octanol–water partition coefficient (Wildman–Crippen LogP) is 2.82. The van der Waals surface area contributed by atoms with Crippen LogP contribution in [-0.2, 0) is 20.9 Å². The van der Waals surface area contributed by atoms with Crippen LogP contribution < -0.4 is 16.4 Å². The van der Waals surface area contributed by atoms with Crippen LogP contribution in [-0.4, -0.2) is 26.8 Å². The molecule has 4 N–H and O–H groups in total. The Balaban J connectivity index is 1.63. The molecule has 0 bridgehead atoms. The van der Waals surface area contributed by atoms with Crippen LogP contribution in [0.4, 0.5) is 17.6 Å². The van der Waals surface area contributed by atoms with Crippen LogP contribution in [0.2, 0.25) is 0 Å². The molecule has 0 unspecified atom stereocenters. The van der Waals surface area contributed by atoms with Crippen LogP contribution in [0.1, 0.15) is 36.3 Å². The quantitative estimate of drug-likeness (QED) is 0.474. The Morgan fingerprint density at radius 3 is 2.42 bits per heavy atom. The zero-order chi connectivity index (χ0) is 22.2. The van der Waals surface area contributed by atoms with Gasteiger partial charge in [-0.1, -0.05) is 48.0 Å². The smallest absolute Gasteiger partial charge is 0.308 e. The molecule has 3 rings (SSSR count). The van der Waals surface area contributed by atoms with Crippen molar-refractivity contribution >= 4 is 29.5 Å². The van der Waals surface area contributed by atoms with Crippen LogP contribution in [0.15, 0.2) is 54.6 Å². The van der Waals surface area contributed by atoms with Gasteiger partial charge in [-0.05, 0) is 24.6 Å². The zero-order valence-electron chi connectivity index (χ0n) is 17.3. The van der Waals surface area contributed by atoms with Gasteiger partial charge in [0.25, 0.3) is 0 Å². The minimum absolute atomic E-state index is 0.00950. The number of aromatic nitrogens is 3. The molecule has 0 saturated carbocycles. The van der Waals surface area contributed by atoms with Crippen molar-refractivity contribution in [1.82, 2.24) is 20.3 Å². The summed E-state index contributed by atoms with van der Waals surface area (Å²) >= 11 is 0. The number of rotatable bonds is 8. The van der Waals surface area contributed by atoms with Gasteiger partial charge in [0, 0.05) is 12.6 Å². The molecule has 1 heterocycles. The van der Waals surface area contributed by atoms with Gasteiger partial charge in [-0.25, -0.2) is 0 Å². The second-order valence-corrected chi connectivity index (χ2v) is 6.95. The van der Waals surface area contributed by atoms with Gasteiger partial charge < -0.3 is 21.1 Å². The fourth-order valence-corrected chi connectivity index (χ4v) is 2.88. The van der Waals surface area contributed by atoms with Crippen molar-refractivity contribution in [3.8, 4) is 0 Å². The van der Waals surface area contributed by atoms with E-state index in [9.17, 15) is 9.59 Å². The van der Waals surface area contributed by atoms with E-state index < -0.39 is 12.0 Å². The molecule has 0 aliphatic rings. The van der Waals surface area contributed by atoms with Gasteiger partial charge in [-0.3, -0.25) is 9.59 Å². The van der Waals surface area contributed by atoms with Crippen molar-refractivity contribution in [2.45, 2.75) is 32.9 Å². The van der Waals surface area contributed by atoms with Crippen molar-refractivity contribution in [1.29, 1.82) is 0 Å². The third-order valence-corrected chi connectivity index (χ3v) is 4.32. The number of hydrogen-bond donors (Lipinski definition) is 3. The summed E-state index contributed by atoms with van der Waals surface area (Å²) in [6, 6.07) is 16.4. The summed E-state index contributed by atoms with van der Waals surface area (Å²) in [5.41, 5.74) is 8.44. The molecule has 1 aromatic heterocycles. The molecular weight excluding hydrogens is 396 g/mol. The molecule has 9 heteroatoms. The van der Waals surface area contributed by atoms with Gasteiger partial charge in [0.1, 0.15) is 0 Å². The number of para-hydroxylation sites is 1. The monoisotopic (exact) mass is 420 g/mol. The number of nitrogens with one attached hydrogen (secondary N) is 2. The summed E-state index contributed by atoms with van der Waals surface area (Å²) in [7, 11) is 0. The number of carbonyl (C=O) groups excluding carboxylic acids is 2. The number of ether oxygens (including phenoxy) is 1. The zero-order valence-corrected chi connectivity index (χ0v) is 17.3. The molecule has 1 atom stereocenters. The summed E-state index contributed by atoms with van der Waals surface area (Å²) in [6.07, 6.45) is -0.0294. The Kier molecular flexibility index (Phi) is 7.10. The van der Waals surface area contributed by atoms with E-state index in [4.69, 9.17) is 10.5 Å². The van der Waals surface area contributed by atoms with Crippen molar-refractivity contribution < 1.29 is 14.3 Å². The van der Waals surface area contributed by atoms with Crippen LogP contribution >= 0.6 is 0 Å². The number of anilines is 3. The highest BCUT2D eigenvalue weighted by molar-refractivity contribution is 5.76. The van der Waals surface area contributed by atoms with Crippen molar-refractivity contribution in [3.05, 3.63) is 71.5 Å². The summed E-state index contributed by atoms with van der Waals surface area (Å²) in [6.45, 7) is 3.20. The van der Waals surface area contributed by atoms with E-state index in [0.717, 1.165) is 16.8 Å². The normalized spacial score (nSPS) is 11.4. The molecule has 0 radical (unpaired) electrons. The third kappa shape index (κ3) is 6.77. The summed E-state index contributed by atoms with van der Waals surface area (Å²) < 4.78 is 5.32. The highest BCUT2D eigenvalue weighted by Crippen LogP contribution is 2.19. The van der Waals surface area contributed by atoms with Gasteiger partial charge in [-0.2, -0.15) is 15.0 Å². The summed E-state index contributed by atoms with van der Waals surface area (Å²) in [5, 5.41) is 5.80. The number of nitrogen functional groups attached to an aromatic ring is 1. The van der Waals surface area contributed by atoms with Gasteiger partial charge in [0.15, 0.2) is 12.4 Å². The second kappa shape index (κ2) is 10.1. The second-order valence-electron chi connectivity index (χ2n) is 6.95. The number of nitrogens with zero attached hydrogens (tertiary/aromatic N) is 3. The van der Waals surface area contributed by atoms with Crippen molar-refractivity contribution in [2.75, 3.05) is 11.1 Å². The summed E-state index contributed by atoms with van der Waals surface area (Å²) in [4.78, 5) is 36.3. The van der Waals surface area contributed by atoms with Gasteiger partial charge in [0.05, 0.1) is 12.5 Å². The largest absolute Gasteiger partial charge is 0.457 e. The molecule has 9 nitrogen and oxygen atoms in total. The van der Waals surface area contributed by atoms with E-state index in [1.807, 2.05) is 61.5 Å². The van der Waals surface area contributed by atoms with E-state index in [-0.39, 0.29) is 36.7 Å². The molecule has 0 aliphatic carbocycles. The fraction of sp³-hybridized carbons (Fsp3) is 0.227. The number of carbonyl (C=O) groups is 2. The SMILES string of the molecule is CC(=O)N[C@@H](CC(=O)OCc1nc(N)nc(Nc2ccccc2)n1)c1ccc(C)cc1. The maximum atomic E-state index is 12.4. The first-order valence-corrected chi connectivity index (χ1v) is 9.71. The van der Waals surface area contributed by atoms with E-state index >= 15 is 0 Å². The van der Waals surface area contributed by atoms with Gasteiger partial charge in [0.2, 0.25) is 17.8 Å². The van der Waals surface area contributed by atoms with E-state index in [1.165, 1.54) is 6.92 Å². The number of benzene rings is 2. The topological polar surface area (TPSA) is 132 Å².